The number of hydrogen-bond acceptors (Lipinski definition) is 7. The lowest BCUT2D eigenvalue weighted by atomic mass is 9.95. The first-order chi connectivity index (χ1) is 16.5. The molecular weight excluding hydrogens is 468 g/mol. The Morgan fingerprint density at radius 1 is 1.20 bits per heavy atom. The molecule has 190 valence electrons. The third kappa shape index (κ3) is 5.74. The minimum Gasteiger partial charge on any atom is -0.475 e. The van der Waals surface area contributed by atoms with Gasteiger partial charge in [-0.25, -0.2) is 13.4 Å². The van der Waals surface area contributed by atoms with Gasteiger partial charge in [-0.3, -0.25) is 4.79 Å². The van der Waals surface area contributed by atoms with Crippen molar-refractivity contribution in [1.29, 1.82) is 0 Å². The fourth-order valence-electron chi connectivity index (χ4n) is 3.87. The molecule has 0 N–H and O–H groups in total. The first kappa shape index (κ1) is 26.8. The molecule has 1 aromatic heterocycles. The Hall–Kier alpha value is -2.75. The van der Waals surface area contributed by atoms with Crippen LogP contribution in [0.5, 0.6) is 5.88 Å². The van der Waals surface area contributed by atoms with Gasteiger partial charge in [0.1, 0.15) is 6.61 Å². The Balaban J connectivity index is 1.77. The average Bonchev–Trinajstić information content (AvgIpc) is 2.86. The largest absolute Gasteiger partial charge is 0.475 e. The number of methoxy groups -OCH3 is 2. The molecule has 0 saturated carbocycles. The van der Waals surface area contributed by atoms with Crippen molar-refractivity contribution in [2.24, 2.45) is 0 Å². The molecule has 0 spiro atoms. The number of carbonyl (C=O) groups excluding carboxylic acids is 1. The van der Waals surface area contributed by atoms with E-state index in [0.717, 1.165) is 28.0 Å². The van der Waals surface area contributed by atoms with Crippen molar-refractivity contribution in [2.45, 2.75) is 45.0 Å². The number of pyridine rings is 1. The van der Waals surface area contributed by atoms with Crippen molar-refractivity contribution in [3.05, 3.63) is 53.6 Å². The van der Waals surface area contributed by atoms with Gasteiger partial charge in [0.05, 0.1) is 18.9 Å². The molecule has 1 atom stereocenters. The van der Waals surface area contributed by atoms with E-state index < -0.39 is 20.7 Å². The number of carbonyl (C=O) groups is 1. The Kier molecular flexibility index (Phi) is 8.35. The van der Waals surface area contributed by atoms with Crippen LogP contribution in [0.1, 0.15) is 38.3 Å². The summed E-state index contributed by atoms with van der Waals surface area (Å²) in [7, 11) is -1.02. The van der Waals surface area contributed by atoms with Crippen LogP contribution >= 0.6 is 0 Å². The minimum absolute atomic E-state index is 0.0253. The summed E-state index contributed by atoms with van der Waals surface area (Å²) in [5.74, 6) is -0.226. The number of aryl methyl sites for hydroxylation is 1. The van der Waals surface area contributed by atoms with E-state index in [0.29, 0.717) is 25.5 Å². The molecule has 35 heavy (non-hydrogen) atoms. The first-order valence-electron chi connectivity index (χ1n) is 11.5. The summed E-state index contributed by atoms with van der Waals surface area (Å²) >= 11 is 0. The van der Waals surface area contributed by atoms with Gasteiger partial charge >= 0.3 is 5.97 Å². The Bertz CT molecular complexity index is 1210. The van der Waals surface area contributed by atoms with E-state index in [1.54, 1.807) is 7.11 Å². The van der Waals surface area contributed by atoms with E-state index in [2.05, 4.69) is 11.1 Å². The van der Waals surface area contributed by atoms with Gasteiger partial charge < -0.3 is 14.2 Å². The molecule has 9 heteroatoms. The molecule has 8 nitrogen and oxygen atoms in total. The lowest BCUT2D eigenvalue weighted by Gasteiger charge is -2.32. The van der Waals surface area contributed by atoms with Crippen molar-refractivity contribution in [2.75, 3.05) is 33.9 Å². The monoisotopic (exact) mass is 502 g/mol. The van der Waals surface area contributed by atoms with Crippen molar-refractivity contribution >= 4 is 21.6 Å². The van der Waals surface area contributed by atoms with Gasteiger partial charge in [-0.1, -0.05) is 30.3 Å². The maximum absolute atomic E-state index is 13.0. The normalized spacial score (nSPS) is 15.9. The first-order valence-corrected chi connectivity index (χ1v) is 13.0. The lowest BCUT2D eigenvalue weighted by molar-refractivity contribution is -0.142. The van der Waals surface area contributed by atoms with Crippen LogP contribution in [0.25, 0.3) is 16.8 Å². The van der Waals surface area contributed by atoms with Crippen molar-refractivity contribution in [3.8, 4) is 17.1 Å². The number of hydrogen-bond donors (Lipinski definition) is 0. The van der Waals surface area contributed by atoms with Crippen LogP contribution in [0, 0.1) is 6.92 Å². The highest BCUT2D eigenvalue weighted by atomic mass is 32.2. The predicted molar refractivity (Wildman–Crippen MR) is 136 cm³/mol. The molecule has 2 aromatic rings. The summed E-state index contributed by atoms with van der Waals surface area (Å²) in [5, 5.41) is 0. The average molecular weight is 503 g/mol. The summed E-state index contributed by atoms with van der Waals surface area (Å²) in [4.78, 5) is 16.7. The number of benzene rings is 1. The topological polar surface area (TPSA) is 95.0 Å². The highest BCUT2D eigenvalue weighted by Gasteiger charge is 2.46. The highest BCUT2D eigenvalue weighted by molar-refractivity contribution is 7.91. The van der Waals surface area contributed by atoms with Crippen molar-refractivity contribution in [1.82, 2.24) is 9.29 Å². The number of ether oxygens (including phenoxy) is 3. The zero-order valence-corrected chi connectivity index (χ0v) is 22.0. The second-order valence-electron chi connectivity index (χ2n) is 9.09. The van der Waals surface area contributed by atoms with Gasteiger partial charge in [0.15, 0.2) is 4.75 Å². The van der Waals surface area contributed by atoms with Gasteiger partial charge in [-0.15, -0.1) is 0 Å². The van der Waals surface area contributed by atoms with Crippen LogP contribution < -0.4 is 4.74 Å². The molecule has 0 saturated heterocycles. The summed E-state index contributed by atoms with van der Waals surface area (Å²) in [6.45, 7) is 7.64. The Labute approximate surface area is 208 Å². The minimum atomic E-state index is -3.86. The quantitative estimate of drug-likeness (QED) is 0.481. The number of sulfonamides is 1. The molecule has 2 heterocycles. The Morgan fingerprint density at radius 3 is 2.54 bits per heavy atom. The summed E-state index contributed by atoms with van der Waals surface area (Å²) in [6, 6.07) is 11.8. The van der Waals surface area contributed by atoms with Gasteiger partial charge in [-0.2, -0.15) is 4.31 Å². The SMILES string of the molecule is COC(=O)C(C)(C)S(=O)(=O)N1CC=C(c2ccc(-c3cccc(OCC(C)OC)n3)c(C)c2)CC1. The van der Waals surface area contributed by atoms with Gasteiger partial charge in [0.2, 0.25) is 15.9 Å². The van der Waals surface area contributed by atoms with E-state index in [1.807, 2.05) is 50.3 Å². The van der Waals surface area contributed by atoms with Crippen LogP contribution in [0.15, 0.2) is 42.5 Å². The van der Waals surface area contributed by atoms with Crippen LogP contribution in [0.4, 0.5) is 0 Å². The highest BCUT2D eigenvalue weighted by Crippen LogP contribution is 2.31. The van der Waals surface area contributed by atoms with E-state index in [4.69, 9.17) is 14.2 Å². The fraction of sp³-hybridized carbons (Fsp3) is 0.462. The van der Waals surface area contributed by atoms with Crippen molar-refractivity contribution < 1.29 is 27.4 Å². The summed E-state index contributed by atoms with van der Waals surface area (Å²) in [6.07, 6.45) is 2.43. The van der Waals surface area contributed by atoms with Crippen LogP contribution in [0.2, 0.25) is 0 Å². The van der Waals surface area contributed by atoms with Gasteiger partial charge in [0.25, 0.3) is 0 Å². The maximum Gasteiger partial charge on any atom is 0.328 e. The zero-order chi connectivity index (χ0) is 25.8. The molecule has 1 aromatic carbocycles. The second-order valence-corrected chi connectivity index (χ2v) is 11.6. The smallest absolute Gasteiger partial charge is 0.328 e. The predicted octanol–water partition coefficient (Wildman–Crippen LogP) is 3.84. The van der Waals surface area contributed by atoms with Crippen molar-refractivity contribution in [3.63, 3.8) is 0 Å². The third-order valence-corrected chi connectivity index (χ3v) is 8.77. The van der Waals surface area contributed by atoms with E-state index in [-0.39, 0.29) is 12.6 Å². The molecular formula is C26H34N2O6S. The molecule has 0 aliphatic carbocycles. The molecule has 1 aliphatic rings. The molecule has 0 fully saturated rings. The summed E-state index contributed by atoms with van der Waals surface area (Å²) in [5.41, 5.74) is 4.98. The van der Waals surface area contributed by atoms with E-state index >= 15 is 0 Å². The Morgan fingerprint density at radius 2 is 1.94 bits per heavy atom. The molecule has 1 aliphatic heterocycles. The summed E-state index contributed by atoms with van der Waals surface area (Å²) < 4.78 is 41.4. The molecule has 0 bridgehead atoms. The molecule has 1 unspecified atom stereocenters. The lowest BCUT2D eigenvalue weighted by Crippen LogP contribution is -2.51. The standard InChI is InChI=1S/C26H34N2O6S/c1-18-16-21(10-11-22(18)23-8-7-9-24(27-23)34-17-19(2)32-5)20-12-14-28(15-13-20)35(30,31)26(3,4)25(29)33-6/h7-12,16,19H,13-15,17H2,1-6H3. The second kappa shape index (κ2) is 10.9. The van der Waals surface area contributed by atoms with E-state index in [9.17, 15) is 13.2 Å². The number of aromatic nitrogens is 1. The van der Waals surface area contributed by atoms with Gasteiger partial charge in [0, 0.05) is 31.8 Å². The zero-order valence-electron chi connectivity index (χ0n) is 21.2. The van der Waals surface area contributed by atoms with E-state index in [1.165, 1.54) is 25.3 Å². The third-order valence-electron chi connectivity index (χ3n) is 6.30. The number of esters is 1. The van der Waals surface area contributed by atoms with Gasteiger partial charge in [-0.05, 0) is 56.9 Å². The van der Waals surface area contributed by atoms with Crippen LogP contribution in [0.3, 0.4) is 0 Å². The van der Waals surface area contributed by atoms with Crippen LogP contribution in [-0.4, -0.2) is 68.4 Å². The maximum atomic E-state index is 13.0. The fourth-order valence-corrected chi connectivity index (χ4v) is 5.41. The molecule has 0 amide bonds. The van der Waals surface area contributed by atoms with Crippen LogP contribution in [-0.2, 0) is 24.3 Å². The molecule has 3 rings (SSSR count). The molecule has 0 radical (unpaired) electrons. The number of nitrogens with zero attached hydrogens (tertiary/aromatic N) is 2. The number of rotatable bonds is 9.